The van der Waals surface area contributed by atoms with Crippen molar-refractivity contribution in [1.82, 2.24) is 0 Å². The van der Waals surface area contributed by atoms with Crippen LogP contribution in [0.3, 0.4) is 0 Å². The molecule has 0 aliphatic carbocycles. The van der Waals surface area contributed by atoms with Gasteiger partial charge >= 0.3 is 5.97 Å². The normalized spacial score (nSPS) is 10.3. The highest BCUT2D eigenvalue weighted by molar-refractivity contribution is 6.18. The summed E-state index contributed by atoms with van der Waals surface area (Å²) in [7, 11) is 0. The molecule has 1 rings (SSSR count). The van der Waals surface area contributed by atoms with E-state index in [0.717, 1.165) is 24.0 Å². The maximum Gasteiger partial charge on any atom is 0.336 e. The molecule has 0 spiro atoms. The van der Waals surface area contributed by atoms with Crippen molar-refractivity contribution < 1.29 is 14.7 Å². The van der Waals surface area contributed by atoms with Gasteiger partial charge in [0.2, 0.25) is 5.91 Å². The molecule has 20 heavy (non-hydrogen) atoms. The Morgan fingerprint density at radius 3 is 1.90 bits per heavy atom. The first-order valence-electron chi connectivity index (χ1n) is 6.80. The number of carboxylic acids is 1. The third-order valence-corrected chi connectivity index (χ3v) is 3.20. The summed E-state index contributed by atoms with van der Waals surface area (Å²) in [6, 6.07) is 3.44. The fraction of sp³-hybridized carbons (Fsp3) is 0.375. The van der Waals surface area contributed by atoms with Crippen molar-refractivity contribution in [2.45, 2.75) is 39.5 Å². The Labute approximate surface area is 119 Å². The number of amides is 1. The van der Waals surface area contributed by atoms with E-state index >= 15 is 0 Å². The molecule has 0 aromatic heterocycles. The molecule has 1 amide bonds. The van der Waals surface area contributed by atoms with Crippen LogP contribution in [-0.2, 0) is 17.6 Å². The van der Waals surface area contributed by atoms with Gasteiger partial charge in [0.05, 0.1) is 5.56 Å². The summed E-state index contributed by atoms with van der Waals surface area (Å²) in [5.41, 5.74) is 7.93. The summed E-state index contributed by atoms with van der Waals surface area (Å²) in [5, 5.41) is 9.42. The molecule has 108 valence electrons. The molecule has 0 atom stereocenters. The number of carbonyl (C=O) groups excluding carboxylic acids is 1. The molecule has 0 bridgehead atoms. The molecule has 0 aliphatic heterocycles. The number of aryl methyl sites for hydroxylation is 2. The minimum atomic E-state index is -0.923. The van der Waals surface area contributed by atoms with Crippen molar-refractivity contribution in [2.75, 3.05) is 0 Å². The average Bonchev–Trinajstić information content (AvgIpc) is 2.37. The lowest BCUT2D eigenvalue weighted by Crippen LogP contribution is -2.14. The summed E-state index contributed by atoms with van der Waals surface area (Å²) in [6.45, 7) is 7.65. The maximum absolute atomic E-state index is 11.5. The highest BCUT2D eigenvalue weighted by Gasteiger charge is 2.18. The summed E-state index contributed by atoms with van der Waals surface area (Å²) in [6.07, 6.45) is 2.97. The monoisotopic (exact) mass is 275 g/mol. The number of hydrogen-bond acceptors (Lipinski definition) is 2. The van der Waals surface area contributed by atoms with Gasteiger partial charge in [0, 0.05) is 5.57 Å². The van der Waals surface area contributed by atoms with Gasteiger partial charge in [0.1, 0.15) is 0 Å². The quantitative estimate of drug-likeness (QED) is 0.751. The van der Waals surface area contributed by atoms with E-state index in [1.165, 1.54) is 0 Å². The lowest BCUT2D eigenvalue weighted by Gasteiger charge is -2.14. The van der Waals surface area contributed by atoms with Crippen LogP contribution in [0.2, 0.25) is 0 Å². The van der Waals surface area contributed by atoms with Gasteiger partial charge in [-0.2, -0.15) is 0 Å². The molecule has 0 saturated heterocycles. The molecule has 0 unspecified atom stereocenters. The summed E-state index contributed by atoms with van der Waals surface area (Å²) in [4.78, 5) is 22.8. The summed E-state index contributed by atoms with van der Waals surface area (Å²) >= 11 is 0. The van der Waals surface area contributed by atoms with Crippen molar-refractivity contribution in [2.24, 2.45) is 5.73 Å². The zero-order chi connectivity index (χ0) is 15.3. The Morgan fingerprint density at radius 2 is 1.60 bits per heavy atom. The maximum atomic E-state index is 11.5. The molecule has 0 saturated carbocycles. The number of carbonyl (C=O) groups is 2. The third kappa shape index (κ3) is 3.47. The number of benzene rings is 1. The van der Waals surface area contributed by atoms with Gasteiger partial charge < -0.3 is 10.8 Å². The Morgan fingerprint density at radius 1 is 1.15 bits per heavy atom. The number of nitrogens with two attached hydrogens (primary N) is 1. The van der Waals surface area contributed by atoms with E-state index in [4.69, 9.17) is 5.73 Å². The van der Waals surface area contributed by atoms with E-state index in [9.17, 15) is 14.7 Å². The van der Waals surface area contributed by atoms with Crippen LogP contribution in [0.25, 0.3) is 5.57 Å². The van der Waals surface area contributed by atoms with E-state index in [1.54, 1.807) is 12.1 Å². The molecule has 0 radical (unpaired) electrons. The minimum Gasteiger partial charge on any atom is -0.478 e. The largest absolute Gasteiger partial charge is 0.478 e. The Hall–Kier alpha value is -2.10. The van der Waals surface area contributed by atoms with Crippen LogP contribution in [0, 0.1) is 0 Å². The second kappa shape index (κ2) is 6.89. The van der Waals surface area contributed by atoms with Gasteiger partial charge in [0.25, 0.3) is 0 Å². The van der Waals surface area contributed by atoms with E-state index in [-0.39, 0.29) is 5.57 Å². The van der Waals surface area contributed by atoms with Gasteiger partial charge in [-0.05, 0) is 29.5 Å². The highest BCUT2D eigenvalue weighted by atomic mass is 16.4. The predicted molar refractivity (Wildman–Crippen MR) is 79.6 cm³/mol. The first kappa shape index (κ1) is 16.0. The first-order valence-corrected chi connectivity index (χ1v) is 6.80. The zero-order valence-corrected chi connectivity index (χ0v) is 12.0. The number of carboxylic acid groups (broad SMARTS) is 1. The smallest absolute Gasteiger partial charge is 0.336 e. The van der Waals surface area contributed by atoms with Crippen LogP contribution in [-0.4, -0.2) is 17.0 Å². The molecular formula is C16H21NO3. The second-order valence-corrected chi connectivity index (χ2v) is 4.82. The van der Waals surface area contributed by atoms with Gasteiger partial charge in [0.15, 0.2) is 0 Å². The molecule has 4 heteroatoms. The fourth-order valence-corrected chi connectivity index (χ4v) is 2.29. The van der Waals surface area contributed by atoms with Crippen molar-refractivity contribution in [1.29, 1.82) is 0 Å². The molecule has 3 N–H and O–H groups in total. The average molecular weight is 275 g/mol. The highest BCUT2D eigenvalue weighted by Crippen LogP contribution is 2.24. The Kier molecular flexibility index (Phi) is 5.50. The van der Waals surface area contributed by atoms with E-state index in [2.05, 4.69) is 6.58 Å². The molecule has 0 fully saturated rings. The zero-order valence-electron chi connectivity index (χ0n) is 12.0. The Balaban J connectivity index is 3.48. The van der Waals surface area contributed by atoms with Crippen molar-refractivity contribution in [3.8, 4) is 0 Å². The van der Waals surface area contributed by atoms with Crippen LogP contribution in [0.15, 0.2) is 18.7 Å². The van der Waals surface area contributed by atoms with Crippen LogP contribution in [0.4, 0.5) is 0 Å². The summed E-state index contributed by atoms with van der Waals surface area (Å²) in [5.74, 6) is -1.51. The second-order valence-electron chi connectivity index (χ2n) is 4.82. The van der Waals surface area contributed by atoms with E-state index in [0.29, 0.717) is 24.0 Å². The molecule has 1 aromatic rings. The lowest BCUT2D eigenvalue weighted by molar-refractivity contribution is -0.112. The van der Waals surface area contributed by atoms with Crippen LogP contribution < -0.4 is 5.73 Å². The number of aromatic carboxylic acids is 1. The SMILES string of the molecule is C=C(C(N)=O)c1cc(CCC)c(C(=O)O)c(CCC)c1. The van der Waals surface area contributed by atoms with Crippen LogP contribution in [0.1, 0.15) is 53.7 Å². The number of rotatable bonds is 7. The van der Waals surface area contributed by atoms with E-state index in [1.807, 2.05) is 13.8 Å². The Bertz CT molecular complexity index is 520. The lowest BCUT2D eigenvalue weighted by atomic mass is 9.90. The minimum absolute atomic E-state index is 0.219. The first-order chi connectivity index (χ1) is 9.42. The molecule has 1 aromatic carbocycles. The van der Waals surface area contributed by atoms with Crippen molar-refractivity contribution >= 4 is 17.4 Å². The van der Waals surface area contributed by atoms with Gasteiger partial charge in [-0.1, -0.05) is 45.4 Å². The third-order valence-electron chi connectivity index (χ3n) is 3.20. The van der Waals surface area contributed by atoms with Crippen molar-refractivity contribution in [3.63, 3.8) is 0 Å². The summed E-state index contributed by atoms with van der Waals surface area (Å²) < 4.78 is 0. The van der Waals surface area contributed by atoms with Crippen molar-refractivity contribution in [3.05, 3.63) is 41.0 Å². The van der Waals surface area contributed by atoms with E-state index < -0.39 is 11.9 Å². The molecular weight excluding hydrogens is 254 g/mol. The number of hydrogen-bond donors (Lipinski definition) is 2. The molecule has 4 nitrogen and oxygen atoms in total. The standard InChI is InChI=1S/C16H21NO3/c1-4-6-11-8-13(10(3)15(17)18)9-12(7-5-2)14(11)16(19)20/h8-9H,3-7H2,1-2H3,(H2,17,18)(H,19,20). The van der Waals surface area contributed by atoms with Gasteiger partial charge in [-0.3, -0.25) is 4.79 Å². The van der Waals surface area contributed by atoms with Gasteiger partial charge in [-0.25, -0.2) is 4.79 Å². The van der Waals surface area contributed by atoms with Crippen LogP contribution in [0.5, 0.6) is 0 Å². The number of primary amides is 1. The van der Waals surface area contributed by atoms with Gasteiger partial charge in [-0.15, -0.1) is 0 Å². The molecule has 0 heterocycles. The van der Waals surface area contributed by atoms with Crippen LogP contribution >= 0.6 is 0 Å². The topological polar surface area (TPSA) is 80.4 Å². The molecule has 0 aliphatic rings. The predicted octanol–water partition coefficient (Wildman–Crippen LogP) is 2.79. The fourth-order valence-electron chi connectivity index (χ4n) is 2.29.